The molecule has 0 radical (unpaired) electrons. The molecule has 0 fully saturated rings. The highest BCUT2D eigenvalue weighted by molar-refractivity contribution is 5.69. The van der Waals surface area contributed by atoms with E-state index in [9.17, 15) is 4.79 Å². The third-order valence-electron chi connectivity index (χ3n) is 2.87. The number of nitrogens with two attached hydrogens (primary N) is 1. The van der Waals surface area contributed by atoms with Gasteiger partial charge in [-0.15, -0.1) is 0 Å². The summed E-state index contributed by atoms with van der Waals surface area (Å²) < 4.78 is 4.64. The molecular formula is C13H19NO2. The van der Waals surface area contributed by atoms with Crippen LogP contribution in [0.5, 0.6) is 0 Å². The lowest BCUT2D eigenvalue weighted by molar-refractivity contribution is -0.141. The van der Waals surface area contributed by atoms with Crippen LogP contribution in [0.1, 0.15) is 32.3 Å². The molecule has 0 heterocycles. The number of carbonyl (C=O) groups excluding carboxylic acids is 1. The van der Waals surface area contributed by atoms with E-state index in [1.165, 1.54) is 12.7 Å². The lowest BCUT2D eigenvalue weighted by Crippen LogP contribution is -2.19. The lowest BCUT2D eigenvalue weighted by atomic mass is 9.80. The van der Waals surface area contributed by atoms with Crippen LogP contribution < -0.4 is 5.73 Å². The minimum atomic E-state index is -0.163. The molecule has 3 heteroatoms. The number of carbonyl (C=O) groups is 1. The Morgan fingerprint density at radius 3 is 2.38 bits per heavy atom. The van der Waals surface area contributed by atoms with Crippen LogP contribution in [0, 0.1) is 0 Å². The van der Waals surface area contributed by atoms with Crippen molar-refractivity contribution in [2.24, 2.45) is 0 Å². The maximum atomic E-state index is 11.1. The van der Waals surface area contributed by atoms with E-state index in [1.54, 1.807) is 0 Å². The Hall–Kier alpha value is -1.51. The summed E-state index contributed by atoms with van der Waals surface area (Å²) in [6.07, 6.45) is 1.21. The van der Waals surface area contributed by atoms with E-state index >= 15 is 0 Å². The molecule has 3 nitrogen and oxygen atoms in total. The highest BCUT2D eigenvalue weighted by atomic mass is 16.5. The molecule has 2 N–H and O–H groups in total. The van der Waals surface area contributed by atoms with Gasteiger partial charge < -0.3 is 10.5 Å². The number of hydrogen-bond donors (Lipinski definition) is 1. The first-order valence-corrected chi connectivity index (χ1v) is 5.38. The van der Waals surface area contributed by atoms with Gasteiger partial charge in [0.05, 0.1) is 7.11 Å². The molecule has 0 aromatic heterocycles. The smallest absolute Gasteiger partial charge is 0.305 e. The summed E-state index contributed by atoms with van der Waals surface area (Å²) in [7, 11) is 1.42. The number of hydrogen-bond acceptors (Lipinski definition) is 3. The fourth-order valence-corrected chi connectivity index (χ4v) is 1.60. The fraction of sp³-hybridized carbons (Fsp3) is 0.462. The molecule has 0 unspecified atom stereocenters. The number of anilines is 1. The Kier molecular flexibility index (Phi) is 3.93. The lowest BCUT2D eigenvalue weighted by Gasteiger charge is -2.24. The monoisotopic (exact) mass is 221 g/mol. The first kappa shape index (κ1) is 12.6. The molecule has 0 atom stereocenters. The average molecular weight is 221 g/mol. The molecule has 0 spiro atoms. The van der Waals surface area contributed by atoms with E-state index in [0.717, 1.165) is 12.1 Å². The van der Waals surface area contributed by atoms with Crippen molar-refractivity contribution in [1.29, 1.82) is 0 Å². The maximum absolute atomic E-state index is 11.1. The molecule has 1 rings (SSSR count). The van der Waals surface area contributed by atoms with Crippen molar-refractivity contribution < 1.29 is 9.53 Å². The van der Waals surface area contributed by atoms with Crippen molar-refractivity contribution in [1.82, 2.24) is 0 Å². The summed E-state index contributed by atoms with van der Waals surface area (Å²) >= 11 is 0. The topological polar surface area (TPSA) is 52.3 Å². The summed E-state index contributed by atoms with van der Waals surface area (Å²) in [5.41, 5.74) is 7.54. The van der Waals surface area contributed by atoms with Crippen LogP contribution in [0.3, 0.4) is 0 Å². The van der Waals surface area contributed by atoms with Crippen molar-refractivity contribution in [2.45, 2.75) is 32.1 Å². The highest BCUT2D eigenvalue weighted by Crippen LogP contribution is 2.28. The number of nitrogen functional groups attached to an aromatic ring is 1. The van der Waals surface area contributed by atoms with Crippen molar-refractivity contribution >= 4 is 11.7 Å². The van der Waals surface area contributed by atoms with Gasteiger partial charge in [-0.25, -0.2) is 0 Å². The van der Waals surface area contributed by atoms with Gasteiger partial charge in [0.15, 0.2) is 0 Å². The van der Waals surface area contributed by atoms with E-state index in [4.69, 9.17) is 5.73 Å². The van der Waals surface area contributed by atoms with Crippen LogP contribution in [0.15, 0.2) is 24.3 Å². The van der Waals surface area contributed by atoms with Gasteiger partial charge in [-0.05, 0) is 29.5 Å². The van der Waals surface area contributed by atoms with Crippen molar-refractivity contribution in [2.75, 3.05) is 12.8 Å². The fourth-order valence-electron chi connectivity index (χ4n) is 1.60. The van der Waals surface area contributed by atoms with Crippen molar-refractivity contribution in [3.05, 3.63) is 29.8 Å². The predicted molar refractivity (Wildman–Crippen MR) is 65.1 cm³/mol. The van der Waals surface area contributed by atoms with Crippen molar-refractivity contribution in [3.63, 3.8) is 0 Å². The number of ether oxygens (including phenoxy) is 1. The Bertz CT molecular complexity index is 355. The van der Waals surface area contributed by atoms with Crippen LogP contribution in [0.2, 0.25) is 0 Å². The average Bonchev–Trinajstić information content (AvgIpc) is 2.26. The van der Waals surface area contributed by atoms with Gasteiger partial charge in [0.25, 0.3) is 0 Å². The second-order valence-electron chi connectivity index (χ2n) is 4.58. The number of rotatable bonds is 4. The van der Waals surface area contributed by atoms with Gasteiger partial charge >= 0.3 is 5.97 Å². The van der Waals surface area contributed by atoms with E-state index in [1.807, 2.05) is 24.3 Å². The third-order valence-corrected chi connectivity index (χ3v) is 2.87. The Morgan fingerprint density at radius 1 is 1.31 bits per heavy atom. The number of esters is 1. The first-order chi connectivity index (χ1) is 7.45. The van der Waals surface area contributed by atoms with Crippen molar-refractivity contribution in [3.8, 4) is 0 Å². The third kappa shape index (κ3) is 3.26. The minimum Gasteiger partial charge on any atom is -0.469 e. The SMILES string of the molecule is COC(=O)CCC(C)(C)c1ccc(N)cc1. The molecule has 0 aliphatic rings. The molecule has 0 aliphatic carbocycles. The minimum absolute atomic E-state index is 0.0398. The van der Waals surface area contributed by atoms with Crippen LogP contribution in [-0.2, 0) is 14.9 Å². The van der Waals surface area contributed by atoms with Crippen LogP contribution in [0.4, 0.5) is 5.69 Å². The van der Waals surface area contributed by atoms with Gasteiger partial charge in [0.1, 0.15) is 0 Å². The Balaban J connectivity index is 2.69. The highest BCUT2D eigenvalue weighted by Gasteiger charge is 2.21. The molecule has 0 saturated carbocycles. The zero-order valence-electron chi connectivity index (χ0n) is 10.1. The largest absolute Gasteiger partial charge is 0.469 e. The molecule has 16 heavy (non-hydrogen) atoms. The van der Waals surface area contributed by atoms with Gasteiger partial charge in [-0.1, -0.05) is 26.0 Å². The summed E-state index contributed by atoms with van der Waals surface area (Å²) in [6, 6.07) is 7.78. The zero-order valence-corrected chi connectivity index (χ0v) is 10.1. The summed E-state index contributed by atoms with van der Waals surface area (Å²) in [4.78, 5) is 11.1. The Morgan fingerprint density at radius 2 is 1.88 bits per heavy atom. The summed E-state index contributed by atoms with van der Waals surface area (Å²) in [6.45, 7) is 4.23. The molecule has 0 aliphatic heterocycles. The second-order valence-corrected chi connectivity index (χ2v) is 4.58. The van der Waals surface area contributed by atoms with Crippen LogP contribution in [0.25, 0.3) is 0 Å². The maximum Gasteiger partial charge on any atom is 0.305 e. The number of methoxy groups -OCH3 is 1. The van der Waals surface area contributed by atoms with E-state index in [2.05, 4.69) is 18.6 Å². The molecular weight excluding hydrogens is 202 g/mol. The first-order valence-electron chi connectivity index (χ1n) is 5.38. The van der Waals surface area contributed by atoms with Gasteiger partial charge in [0, 0.05) is 12.1 Å². The Labute approximate surface area is 96.6 Å². The summed E-state index contributed by atoms with van der Waals surface area (Å²) in [5.74, 6) is -0.163. The van der Waals surface area contributed by atoms with Gasteiger partial charge in [-0.3, -0.25) is 4.79 Å². The number of benzene rings is 1. The van der Waals surface area contributed by atoms with Crippen LogP contribution >= 0.6 is 0 Å². The second kappa shape index (κ2) is 5.01. The van der Waals surface area contributed by atoms with E-state index < -0.39 is 0 Å². The summed E-state index contributed by atoms with van der Waals surface area (Å²) in [5, 5.41) is 0. The standard InChI is InChI=1S/C13H19NO2/c1-13(2,9-8-12(15)16-3)10-4-6-11(14)7-5-10/h4-7H,8-9,14H2,1-3H3. The molecule has 0 bridgehead atoms. The zero-order chi connectivity index (χ0) is 12.2. The van der Waals surface area contributed by atoms with Gasteiger partial charge in [-0.2, -0.15) is 0 Å². The predicted octanol–water partition coefficient (Wildman–Crippen LogP) is 2.50. The quantitative estimate of drug-likeness (QED) is 0.627. The van der Waals surface area contributed by atoms with E-state index in [0.29, 0.717) is 6.42 Å². The molecule has 1 aromatic rings. The molecule has 88 valence electrons. The van der Waals surface area contributed by atoms with Gasteiger partial charge in [0.2, 0.25) is 0 Å². The molecule has 0 amide bonds. The molecule has 1 aromatic carbocycles. The van der Waals surface area contributed by atoms with E-state index in [-0.39, 0.29) is 11.4 Å². The normalized spacial score (nSPS) is 11.2. The molecule has 0 saturated heterocycles. The van der Waals surface area contributed by atoms with Crippen LogP contribution in [-0.4, -0.2) is 13.1 Å².